The quantitative estimate of drug-likeness (QED) is 0.493. The Labute approximate surface area is 119 Å². The van der Waals surface area contributed by atoms with Gasteiger partial charge in [-0.05, 0) is 29.9 Å². The van der Waals surface area contributed by atoms with E-state index in [1.165, 1.54) is 6.07 Å². The Hall–Kier alpha value is -1.66. The number of hydrogen-bond donors (Lipinski definition) is 2. The second-order valence-electron chi connectivity index (χ2n) is 4.91. The molecule has 0 amide bonds. The molecule has 0 radical (unpaired) electrons. The van der Waals surface area contributed by atoms with E-state index in [-0.39, 0.29) is 18.7 Å². The summed E-state index contributed by atoms with van der Waals surface area (Å²) in [5.74, 6) is 5.10. The second-order valence-corrected chi connectivity index (χ2v) is 4.91. The fourth-order valence-electron chi connectivity index (χ4n) is 2.42. The van der Waals surface area contributed by atoms with Gasteiger partial charge in [0, 0.05) is 17.8 Å². The molecular formula is C15H16F4N2. The maximum Gasteiger partial charge on any atom is 0.389 e. The SMILES string of the molecule is NNC(CCCC(F)(F)F)c1ccc(F)c2ccccc12. The molecule has 6 heteroatoms. The lowest BCUT2D eigenvalue weighted by Crippen LogP contribution is -2.28. The Bertz CT molecular complexity index is 610. The summed E-state index contributed by atoms with van der Waals surface area (Å²) >= 11 is 0. The minimum absolute atomic E-state index is 0.0376. The zero-order valence-electron chi connectivity index (χ0n) is 11.3. The van der Waals surface area contributed by atoms with Gasteiger partial charge in [0.1, 0.15) is 5.82 Å². The first-order valence-electron chi connectivity index (χ1n) is 6.62. The first kappa shape index (κ1) is 15.7. The van der Waals surface area contributed by atoms with Crippen molar-refractivity contribution in [3.05, 3.63) is 47.8 Å². The van der Waals surface area contributed by atoms with Crippen molar-refractivity contribution in [3.63, 3.8) is 0 Å². The van der Waals surface area contributed by atoms with Gasteiger partial charge in [-0.15, -0.1) is 0 Å². The Morgan fingerprint density at radius 1 is 1.05 bits per heavy atom. The van der Waals surface area contributed by atoms with Gasteiger partial charge in [0.2, 0.25) is 0 Å². The van der Waals surface area contributed by atoms with Gasteiger partial charge in [-0.2, -0.15) is 13.2 Å². The van der Waals surface area contributed by atoms with Crippen LogP contribution in [-0.4, -0.2) is 6.18 Å². The smallest absolute Gasteiger partial charge is 0.271 e. The molecule has 2 aromatic rings. The number of hydrazine groups is 1. The highest BCUT2D eigenvalue weighted by molar-refractivity contribution is 5.86. The summed E-state index contributed by atoms with van der Waals surface area (Å²) in [7, 11) is 0. The van der Waals surface area contributed by atoms with Crippen molar-refractivity contribution >= 4 is 10.8 Å². The number of halogens is 4. The van der Waals surface area contributed by atoms with Crippen LogP contribution in [0, 0.1) is 5.82 Å². The molecule has 0 spiro atoms. The summed E-state index contributed by atoms with van der Waals surface area (Å²) < 4.78 is 50.4. The summed E-state index contributed by atoms with van der Waals surface area (Å²) in [6, 6.07) is 9.27. The van der Waals surface area contributed by atoms with E-state index in [0.717, 1.165) is 0 Å². The zero-order chi connectivity index (χ0) is 15.5. The monoisotopic (exact) mass is 300 g/mol. The van der Waals surface area contributed by atoms with Gasteiger partial charge >= 0.3 is 6.18 Å². The van der Waals surface area contributed by atoms with Crippen LogP contribution in [0.25, 0.3) is 10.8 Å². The highest BCUT2D eigenvalue weighted by Gasteiger charge is 2.27. The minimum Gasteiger partial charge on any atom is -0.271 e. The number of fused-ring (bicyclic) bond motifs is 1. The molecule has 0 aliphatic rings. The van der Waals surface area contributed by atoms with E-state index < -0.39 is 18.6 Å². The summed E-state index contributed by atoms with van der Waals surface area (Å²) in [5.41, 5.74) is 3.23. The summed E-state index contributed by atoms with van der Waals surface area (Å²) in [5, 5.41) is 1.10. The van der Waals surface area contributed by atoms with Crippen LogP contribution >= 0.6 is 0 Å². The lowest BCUT2D eigenvalue weighted by atomic mass is 9.95. The van der Waals surface area contributed by atoms with Crippen molar-refractivity contribution in [1.29, 1.82) is 0 Å². The lowest BCUT2D eigenvalue weighted by Gasteiger charge is -2.19. The normalized spacial score (nSPS) is 13.6. The van der Waals surface area contributed by atoms with Crippen LogP contribution in [-0.2, 0) is 0 Å². The molecule has 2 rings (SSSR count). The van der Waals surface area contributed by atoms with Crippen molar-refractivity contribution in [2.45, 2.75) is 31.5 Å². The lowest BCUT2D eigenvalue weighted by molar-refractivity contribution is -0.135. The number of benzene rings is 2. The number of nitrogens with two attached hydrogens (primary N) is 1. The van der Waals surface area contributed by atoms with E-state index in [0.29, 0.717) is 16.3 Å². The minimum atomic E-state index is -4.18. The first-order chi connectivity index (χ1) is 9.92. The van der Waals surface area contributed by atoms with Gasteiger partial charge in [0.15, 0.2) is 0 Å². The van der Waals surface area contributed by atoms with Crippen LogP contribution < -0.4 is 11.3 Å². The van der Waals surface area contributed by atoms with E-state index in [1.54, 1.807) is 30.3 Å². The van der Waals surface area contributed by atoms with Crippen molar-refractivity contribution in [2.24, 2.45) is 5.84 Å². The van der Waals surface area contributed by atoms with Gasteiger partial charge in [-0.25, -0.2) is 4.39 Å². The number of rotatable bonds is 5. The molecule has 0 bridgehead atoms. The molecule has 0 fully saturated rings. The maximum atomic E-state index is 13.7. The number of nitrogens with one attached hydrogen (secondary N) is 1. The van der Waals surface area contributed by atoms with E-state index >= 15 is 0 Å². The summed E-state index contributed by atoms with van der Waals surface area (Å²) in [6.07, 6.45) is -4.84. The standard InChI is InChI=1S/C15H16F4N2/c16-13-8-7-12(10-4-1-2-5-11(10)13)14(21-20)6-3-9-15(17,18)19/h1-2,4-5,7-8,14,21H,3,6,9,20H2. The molecule has 2 aromatic carbocycles. The summed E-state index contributed by atoms with van der Waals surface area (Å²) in [4.78, 5) is 0. The number of alkyl halides is 3. The molecule has 0 aliphatic heterocycles. The highest BCUT2D eigenvalue weighted by Crippen LogP contribution is 2.30. The third kappa shape index (κ3) is 3.92. The highest BCUT2D eigenvalue weighted by atomic mass is 19.4. The first-order valence-corrected chi connectivity index (χ1v) is 6.62. The van der Waals surface area contributed by atoms with Gasteiger partial charge in [-0.1, -0.05) is 30.3 Å². The number of hydrogen-bond acceptors (Lipinski definition) is 2. The van der Waals surface area contributed by atoms with Crippen molar-refractivity contribution in [1.82, 2.24) is 5.43 Å². The third-order valence-electron chi connectivity index (χ3n) is 3.43. The predicted octanol–water partition coefficient (Wildman–Crippen LogP) is 4.22. The van der Waals surface area contributed by atoms with Crippen LogP contribution in [0.15, 0.2) is 36.4 Å². The maximum absolute atomic E-state index is 13.7. The molecule has 3 N–H and O–H groups in total. The molecule has 0 saturated carbocycles. The van der Waals surface area contributed by atoms with Gasteiger partial charge in [-0.3, -0.25) is 11.3 Å². The van der Waals surface area contributed by atoms with E-state index in [1.807, 2.05) is 0 Å². The van der Waals surface area contributed by atoms with Gasteiger partial charge in [0.05, 0.1) is 0 Å². The van der Waals surface area contributed by atoms with Gasteiger partial charge < -0.3 is 0 Å². The fourth-order valence-corrected chi connectivity index (χ4v) is 2.42. The molecule has 0 heterocycles. The molecule has 114 valence electrons. The van der Waals surface area contributed by atoms with Crippen molar-refractivity contribution < 1.29 is 17.6 Å². The summed E-state index contributed by atoms with van der Waals surface area (Å²) in [6.45, 7) is 0. The molecule has 1 unspecified atom stereocenters. The second kappa shape index (κ2) is 6.41. The van der Waals surface area contributed by atoms with Gasteiger partial charge in [0.25, 0.3) is 0 Å². The average Bonchev–Trinajstić information content (AvgIpc) is 2.44. The zero-order valence-corrected chi connectivity index (χ0v) is 11.3. The Kier molecular flexibility index (Phi) is 4.80. The topological polar surface area (TPSA) is 38.0 Å². The van der Waals surface area contributed by atoms with Crippen LogP contribution in [0.2, 0.25) is 0 Å². The van der Waals surface area contributed by atoms with Crippen LogP contribution in [0.4, 0.5) is 17.6 Å². The third-order valence-corrected chi connectivity index (χ3v) is 3.43. The Balaban J connectivity index is 2.24. The largest absolute Gasteiger partial charge is 0.389 e. The molecule has 1 atom stereocenters. The van der Waals surface area contributed by atoms with Crippen molar-refractivity contribution in [3.8, 4) is 0 Å². The molecule has 0 aromatic heterocycles. The van der Waals surface area contributed by atoms with E-state index in [4.69, 9.17) is 5.84 Å². The molecule has 0 saturated heterocycles. The van der Waals surface area contributed by atoms with E-state index in [2.05, 4.69) is 5.43 Å². The molecule has 0 aliphatic carbocycles. The predicted molar refractivity (Wildman–Crippen MR) is 73.9 cm³/mol. The van der Waals surface area contributed by atoms with Crippen LogP contribution in [0.5, 0.6) is 0 Å². The van der Waals surface area contributed by atoms with E-state index in [9.17, 15) is 17.6 Å². The molecule has 2 nitrogen and oxygen atoms in total. The Morgan fingerprint density at radius 2 is 1.71 bits per heavy atom. The molecular weight excluding hydrogens is 284 g/mol. The Morgan fingerprint density at radius 3 is 2.33 bits per heavy atom. The fraction of sp³-hybridized carbons (Fsp3) is 0.333. The van der Waals surface area contributed by atoms with Crippen molar-refractivity contribution in [2.75, 3.05) is 0 Å². The molecule has 21 heavy (non-hydrogen) atoms. The van der Waals surface area contributed by atoms with Crippen LogP contribution in [0.3, 0.4) is 0 Å². The average molecular weight is 300 g/mol. The van der Waals surface area contributed by atoms with Crippen LogP contribution in [0.1, 0.15) is 30.9 Å².